The van der Waals surface area contributed by atoms with Crippen molar-refractivity contribution in [1.82, 2.24) is 25.3 Å². The summed E-state index contributed by atoms with van der Waals surface area (Å²) in [5, 5.41) is 17.6. The van der Waals surface area contributed by atoms with E-state index in [1.54, 1.807) is 18.3 Å². The van der Waals surface area contributed by atoms with Crippen LogP contribution in [-0.4, -0.2) is 28.6 Å². The van der Waals surface area contributed by atoms with Gasteiger partial charge in [0.15, 0.2) is 11.6 Å². The summed E-state index contributed by atoms with van der Waals surface area (Å²) in [4.78, 5) is 9.31. The van der Waals surface area contributed by atoms with Crippen molar-refractivity contribution in [2.75, 3.05) is 5.32 Å². The fourth-order valence-electron chi connectivity index (χ4n) is 2.47. The van der Waals surface area contributed by atoms with Crippen LogP contribution in [0.1, 0.15) is 30.0 Å². The smallest absolute Gasteiger partial charge is 0.263 e. The van der Waals surface area contributed by atoms with E-state index >= 15 is 0 Å². The Labute approximate surface area is 154 Å². The monoisotopic (exact) mass is 387 g/mol. The predicted molar refractivity (Wildman–Crippen MR) is 99.6 cm³/mol. The van der Waals surface area contributed by atoms with Crippen LogP contribution in [0.25, 0.3) is 16.8 Å². The first-order valence-corrected chi connectivity index (χ1v) is 10.2. The lowest BCUT2D eigenvalue weighted by Gasteiger charge is -2.07. The fraction of sp³-hybridized carbons (Fsp3) is 0.188. The zero-order valence-electron chi connectivity index (χ0n) is 13.6. The lowest BCUT2D eigenvalue weighted by molar-refractivity contribution is 0.598. The SMILES string of the molecule is C=Cc1cnc(-c2ccc(S([NH])(=O)=O)s2)nc1Nc1cc(C2CC2)[nH]n1. The average molecular weight is 387 g/mol. The van der Waals surface area contributed by atoms with Crippen LogP contribution in [0.2, 0.25) is 0 Å². The molecule has 0 bridgehead atoms. The van der Waals surface area contributed by atoms with Gasteiger partial charge in [-0.1, -0.05) is 12.7 Å². The lowest BCUT2D eigenvalue weighted by atomic mass is 10.3. The summed E-state index contributed by atoms with van der Waals surface area (Å²) in [6.45, 7) is 3.77. The van der Waals surface area contributed by atoms with E-state index in [9.17, 15) is 8.42 Å². The van der Waals surface area contributed by atoms with Crippen molar-refractivity contribution >= 4 is 39.1 Å². The zero-order valence-corrected chi connectivity index (χ0v) is 15.2. The number of aromatic nitrogens is 4. The second kappa shape index (κ2) is 6.31. The summed E-state index contributed by atoms with van der Waals surface area (Å²) < 4.78 is 22.7. The van der Waals surface area contributed by atoms with Crippen LogP contribution in [0.5, 0.6) is 0 Å². The highest BCUT2D eigenvalue weighted by molar-refractivity contribution is 7.91. The van der Waals surface area contributed by atoms with E-state index in [0.29, 0.717) is 33.8 Å². The maximum absolute atomic E-state index is 11.3. The molecule has 1 fully saturated rings. The van der Waals surface area contributed by atoms with Crippen LogP contribution < -0.4 is 10.5 Å². The number of aromatic amines is 1. The Morgan fingerprint density at radius 2 is 2.19 bits per heavy atom. The van der Waals surface area contributed by atoms with E-state index < -0.39 is 10.0 Å². The van der Waals surface area contributed by atoms with Gasteiger partial charge in [-0.15, -0.1) is 16.5 Å². The van der Waals surface area contributed by atoms with Crippen molar-refractivity contribution < 1.29 is 8.42 Å². The van der Waals surface area contributed by atoms with Gasteiger partial charge < -0.3 is 5.32 Å². The van der Waals surface area contributed by atoms with Gasteiger partial charge in [0.1, 0.15) is 10.0 Å². The van der Waals surface area contributed by atoms with Gasteiger partial charge >= 0.3 is 0 Å². The van der Waals surface area contributed by atoms with Gasteiger partial charge in [-0.05, 0) is 25.0 Å². The molecule has 3 aromatic heterocycles. The molecule has 0 aliphatic heterocycles. The summed E-state index contributed by atoms with van der Waals surface area (Å²) in [5.41, 5.74) is 1.81. The van der Waals surface area contributed by atoms with Crippen molar-refractivity contribution in [3.05, 3.63) is 42.2 Å². The second-order valence-corrected chi connectivity index (χ2v) is 8.72. The number of nitrogens with zero attached hydrogens (tertiary/aromatic N) is 3. The van der Waals surface area contributed by atoms with Crippen molar-refractivity contribution in [2.45, 2.75) is 23.0 Å². The molecule has 3 heterocycles. The van der Waals surface area contributed by atoms with Crippen LogP contribution in [-0.2, 0) is 10.0 Å². The number of thiophene rings is 1. The molecule has 0 aromatic carbocycles. The van der Waals surface area contributed by atoms with E-state index in [1.807, 2.05) is 6.07 Å². The maximum atomic E-state index is 11.3. The lowest BCUT2D eigenvalue weighted by Crippen LogP contribution is -2.00. The van der Waals surface area contributed by atoms with Crippen molar-refractivity contribution in [1.29, 1.82) is 0 Å². The Morgan fingerprint density at radius 3 is 2.85 bits per heavy atom. The number of H-pyrrole nitrogens is 1. The number of hydrogen-bond acceptors (Lipinski definition) is 7. The second-order valence-electron chi connectivity index (χ2n) is 5.93. The minimum absolute atomic E-state index is 0.0419. The number of hydrogen-bond donors (Lipinski definition) is 2. The average Bonchev–Trinajstić information content (AvgIpc) is 3.14. The first-order chi connectivity index (χ1) is 12.4. The topological polar surface area (TPSA) is 124 Å². The van der Waals surface area contributed by atoms with Gasteiger partial charge in [-0.25, -0.2) is 18.4 Å². The van der Waals surface area contributed by atoms with E-state index in [2.05, 4.69) is 32.1 Å². The van der Waals surface area contributed by atoms with Crippen molar-refractivity contribution in [2.24, 2.45) is 0 Å². The van der Waals surface area contributed by atoms with E-state index in [0.717, 1.165) is 17.0 Å². The van der Waals surface area contributed by atoms with Crippen LogP contribution in [0.4, 0.5) is 11.6 Å². The molecular weight excluding hydrogens is 372 g/mol. The molecule has 0 amide bonds. The number of rotatable bonds is 6. The highest BCUT2D eigenvalue weighted by Crippen LogP contribution is 2.39. The highest BCUT2D eigenvalue weighted by atomic mass is 32.2. The molecule has 4 rings (SSSR count). The summed E-state index contributed by atoms with van der Waals surface area (Å²) in [6, 6.07) is 4.94. The zero-order chi connectivity index (χ0) is 18.3. The number of anilines is 2. The molecule has 1 saturated carbocycles. The quantitative estimate of drug-likeness (QED) is 0.669. The predicted octanol–water partition coefficient (Wildman–Crippen LogP) is 3.16. The van der Waals surface area contributed by atoms with E-state index in [1.165, 1.54) is 18.9 Å². The normalized spacial score (nSPS) is 14.3. The summed E-state index contributed by atoms with van der Waals surface area (Å²) in [6.07, 6.45) is 5.60. The van der Waals surface area contributed by atoms with Gasteiger partial charge in [0, 0.05) is 29.4 Å². The van der Waals surface area contributed by atoms with E-state index in [-0.39, 0.29) is 4.21 Å². The molecule has 3 aromatic rings. The van der Waals surface area contributed by atoms with Crippen LogP contribution in [0, 0.1) is 0 Å². The highest BCUT2D eigenvalue weighted by Gasteiger charge is 2.25. The molecule has 10 heteroatoms. The molecule has 8 nitrogen and oxygen atoms in total. The van der Waals surface area contributed by atoms with E-state index in [4.69, 9.17) is 5.14 Å². The minimum atomic E-state index is -3.99. The molecule has 1 aliphatic rings. The van der Waals surface area contributed by atoms with Gasteiger partial charge in [-0.2, -0.15) is 5.10 Å². The van der Waals surface area contributed by atoms with Crippen LogP contribution in [0.3, 0.4) is 0 Å². The van der Waals surface area contributed by atoms with Crippen LogP contribution >= 0.6 is 11.3 Å². The standard InChI is InChI=1S/C16H15N6O2S2/c1-2-9-8-18-16(12-5-6-14(25-12)26(17,23)24)20-15(9)19-13-7-11(21-22-13)10-3-4-10/h2,5-8,10,17H,1,3-4H2,(H2,18,19,20,21,22). The maximum Gasteiger partial charge on any atom is 0.263 e. The molecule has 0 spiro atoms. The largest absolute Gasteiger partial charge is 0.323 e. The van der Waals surface area contributed by atoms with Gasteiger partial charge in [0.2, 0.25) is 0 Å². The molecular formula is C16H15N6O2S2. The fourth-order valence-corrected chi connectivity index (χ4v) is 4.10. The summed E-state index contributed by atoms with van der Waals surface area (Å²) >= 11 is 0.962. The molecule has 1 aliphatic carbocycles. The molecule has 1 radical (unpaired) electrons. The first kappa shape index (κ1) is 16.9. The summed E-state index contributed by atoms with van der Waals surface area (Å²) in [5.74, 6) is 2.12. The molecule has 3 N–H and O–H groups in total. The molecule has 0 atom stereocenters. The molecule has 0 saturated heterocycles. The Bertz CT molecular complexity index is 1080. The minimum Gasteiger partial charge on any atom is -0.323 e. The van der Waals surface area contributed by atoms with Gasteiger partial charge in [0.25, 0.3) is 10.0 Å². The molecule has 0 unspecified atom stereocenters. The Morgan fingerprint density at radius 1 is 1.38 bits per heavy atom. The number of nitrogens with one attached hydrogen (secondary N) is 3. The third kappa shape index (κ3) is 3.39. The van der Waals surface area contributed by atoms with Crippen molar-refractivity contribution in [3.63, 3.8) is 0 Å². The molecule has 133 valence electrons. The molecule has 26 heavy (non-hydrogen) atoms. The third-order valence-electron chi connectivity index (χ3n) is 3.96. The third-order valence-corrected chi connectivity index (χ3v) is 6.41. The first-order valence-electron chi connectivity index (χ1n) is 7.85. The van der Waals surface area contributed by atoms with Gasteiger partial charge in [-0.3, -0.25) is 5.10 Å². The van der Waals surface area contributed by atoms with Crippen LogP contribution in [0.15, 0.2) is 35.2 Å². The summed E-state index contributed by atoms with van der Waals surface area (Å²) in [7, 11) is -3.99. The Kier molecular flexibility index (Phi) is 4.10. The van der Waals surface area contributed by atoms with Gasteiger partial charge in [0.05, 0.1) is 4.88 Å². The Balaban J connectivity index is 1.66. The van der Waals surface area contributed by atoms with Crippen molar-refractivity contribution in [3.8, 4) is 10.7 Å². The number of sulfonamides is 1. The Hall–Kier alpha value is -2.56.